The van der Waals surface area contributed by atoms with Crippen molar-refractivity contribution in [2.75, 3.05) is 20.0 Å². The van der Waals surface area contributed by atoms with Crippen LogP contribution >= 0.6 is 11.8 Å². The van der Waals surface area contributed by atoms with Gasteiger partial charge in [0.15, 0.2) is 22.4 Å². The molecule has 0 fully saturated rings. The summed E-state index contributed by atoms with van der Waals surface area (Å²) in [5, 5.41) is 0.0233. The minimum absolute atomic E-state index is 0.00953. The number of carbonyl (C=O) groups is 2. The Balaban J connectivity index is 2.71. The van der Waals surface area contributed by atoms with Crippen molar-refractivity contribution < 1.29 is 19.1 Å². The first kappa shape index (κ1) is 14.6. The van der Waals surface area contributed by atoms with E-state index in [9.17, 15) is 9.59 Å². The van der Waals surface area contributed by atoms with E-state index in [-0.39, 0.29) is 10.9 Å². The number of hydrogen-bond acceptors (Lipinski definition) is 5. The van der Waals surface area contributed by atoms with Crippen LogP contribution in [0.5, 0.6) is 11.5 Å². The van der Waals surface area contributed by atoms with Crippen molar-refractivity contribution in [2.24, 2.45) is 0 Å². The van der Waals surface area contributed by atoms with Gasteiger partial charge in [-0.2, -0.15) is 0 Å². The van der Waals surface area contributed by atoms with Crippen LogP contribution in [-0.2, 0) is 4.79 Å². The van der Waals surface area contributed by atoms with E-state index in [1.54, 1.807) is 25.3 Å². The van der Waals surface area contributed by atoms with Gasteiger partial charge >= 0.3 is 0 Å². The summed E-state index contributed by atoms with van der Waals surface area (Å²) in [6.45, 7) is 1.49. The van der Waals surface area contributed by atoms with Crippen LogP contribution in [0.25, 0.3) is 0 Å². The van der Waals surface area contributed by atoms with Gasteiger partial charge in [-0.1, -0.05) is 11.8 Å². The van der Waals surface area contributed by atoms with Crippen molar-refractivity contribution in [1.82, 2.24) is 0 Å². The van der Waals surface area contributed by atoms with Crippen LogP contribution in [0.3, 0.4) is 0 Å². The molecule has 0 bridgehead atoms. The molecule has 0 radical (unpaired) electrons. The predicted molar refractivity (Wildman–Crippen MR) is 71.6 cm³/mol. The fraction of sp³-hybridized carbons (Fsp3) is 0.385. The Morgan fingerprint density at radius 2 is 1.83 bits per heavy atom. The molecular formula is C13H16O4S. The Labute approximate surface area is 111 Å². The lowest BCUT2D eigenvalue weighted by atomic mass is 10.1. The molecule has 0 amide bonds. The highest BCUT2D eigenvalue weighted by Crippen LogP contribution is 2.28. The van der Waals surface area contributed by atoms with E-state index < -0.39 is 0 Å². The van der Waals surface area contributed by atoms with Crippen molar-refractivity contribution in [3.8, 4) is 11.5 Å². The van der Waals surface area contributed by atoms with Crippen LogP contribution in [0, 0.1) is 0 Å². The fourth-order valence-electron chi connectivity index (χ4n) is 1.44. The molecule has 0 aliphatic carbocycles. The first-order valence-corrected chi connectivity index (χ1v) is 6.45. The lowest BCUT2D eigenvalue weighted by Gasteiger charge is -2.08. The summed E-state index contributed by atoms with van der Waals surface area (Å²) in [6, 6.07) is 5.05. The van der Waals surface area contributed by atoms with Crippen molar-refractivity contribution in [3.63, 3.8) is 0 Å². The molecule has 98 valence electrons. The predicted octanol–water partition coefficient (Wildman–Crippen LogP) is 2.56. The van der Waals surface area contributed by atoms with Gasteiger partial charge in [0.25, 0.3) is 0 Å². The molecule has 1 aromatic carbocycles. The molecule has 0 atom stereocenters. The molecule has 0 N–H and O–H groups in total. The maximum Gasteiger partial charge on any atom is 0.185 e. The van der Waals surface area contributed by atoms with Gasteiger partial charge in [0, 0.05) is 24.7 Å². The van der Waals surface area contributed by atoms with Crippen LogP contribution in [0.1, 0.15) is 23.7 Å². The summed E-state index contributed by atoms with van der Waals surface area (Å²) in [5.41, 5.74) is 0.566. The van der Waals surface area contributed by atoms with Crippen molar-refractivity contribution in [1.29, 1.82) is 0 Å². The third-order valence-corrected chi connectivity index (χ3v) is 3.15. The Bertz CT molecular complexity index is 443. The first-order chi connectivity index (χ1) is 8.58. The number of thioether (sulfide) groups is 1. The number of Topliss-reactive ketones (excluding diaryl/α,β-unsaturated/α-hetero) is 1. The van der Waals surface area contributed by atoms with Crippen molar-refractivity contribution in [3.05, 3.63) is 23.8 Å². The molecule has 0 unspecified atom stereocenters. The second-order valence-corrected chi connectivity index (χ2v) is 4.85. The van der Waals surface area contributed by atoms with E-state index >= 15 is 0 Å². The van der Waals surface area contributed by atoms with Gasteiger partial charge in [0.05, 0.1) is 14.2 Å². The van der Waals surface area contributed by atoms with Gasteiger partial charge in [0.2, 0.25) is 0 Å². The highest BCUT2D eigenvalue weighted by Gasteiger charge is 2.10. The number of rotatable bonds is 6. The normalized spacial score (nSPS) is 9.94. The molecule has 0 heterocycles. The maximum absolute atomic E-state index is 11.9. The third-order valence-electron chi connectivity index (χ3n) is 2.34. The minimum atomic E-state index is -0.00953. The Morgan fingerprint density at radius 3 is 2.39 bits per heavy atom. The lowest BCUT2D eigenvalue weighted by Crippen LogP contribution is -2.02. The fourth-order valence-corrected chi connectivity index (χ4v) is 2.02. The zero-order chi connectivity index (χ0) is 13.5. The molecule has 4 nitrogen and oxygen atoms in total. The number of hydrogen-bond donors (Lipinski definition) is 0. The second kappa shape index (κ2) is 7.06. The number of ether oxygens (including phenoxy) is 2. The summed E-state index contributed by atoms with van der Waals surface area (Å²) in [4.78, 5) is 22.6. The number of ketones is 1. The van der Waals surface area contributed by atoms with E-state index in [0.717, 1.165) is 11.8 Å². The van der Waals surface area contributed by atoms with E-state index in [0.29, 0.717) is 29.2 Å². The van der Waals surface area contributed by atoms with E-state index in [2.05, 4.69) is 0 Å². The quantitative estimate of drug-likeness (QED) is 0.742. The molecule has 0 aliphatic rings. The topological polar surface area (TPSA) is 52.6 Å². The van der Waals surface area contributed by atoms with E-state index in [4.69, 9.17) is 9.47 Å². The molecule has 0 saturated carbocycles. The highest BCUT2D eigenvalue weighted by atomic mass is 32.2. The van der Waals surface area contributed by atoms with E-state index in [1.807, 2.05) is 0 Å². The van der Waals surface area contributed by atoms with Gasteiger partial charge in [0.1, 0.15) is 0 Å². The SMILES string of the molecule is COc1ccc(C(=O)CCSC(C)=O)cc1OC. The number of carbonyl (C=O) groups excluding carboxylic acids is 2. The monoisotopic (exact) mass is 268 g/mol. The lowest BCUT2D eigenvalue weighted by molar-refractivity contribution is -0.109. The van der Waals surface area contributed by atoms with Crippen molar-refractivity contribution in [2.45, 2.75) is 13.3 Å². The number of benzene rings is 1. The minimum Gasteiger partial charge on any atom is -0.493 e. The van der Waals surface area contributed by atoms with Crippen LogP contribution in [0.15, 0.2) is 18.2 Å². The molecule has 1 rings (SSSR count). The Hall–Kier alpha value is -1.49. The largest absolute Gasteiger partial charge is 0.493 e. The van der Waals surface area contributed by atoms with Crippen LogP contribution in [-0.4, -0.2) is 30.9 Å². The van der Waals surface area contributed by atoms with Crippen LogP contribution < -0.4 is 9.47 Å². The average Bonchev–Trinajstić information content (AvgIpc) is 2.37. The molecule has 18 heavy (non-hydrogen) atoms. The second-order valence-electron chi connectivity index (χ2n) is 3.58. The zero-order valence-electron chi connectivity index (χ0n) is 10.7. The van der Waals surface area contributed by atoms with Gasteiger partial charge < -0.3 is 9.47 Å². The van der Waals surface area contributed by atoms with Gasteiger partial charge in [-0.15, -0.1) is 0 Å². The van der Waals surface area contributed by atoms with Crippen LogP contribution in [0.4, 0.5) is 0 Å². The molecule has 1 aromatic rings. The number of methoxy groups -OCH3 is 2. The average molecular weight is 268 g/mol. The maximum atomic E-state index is 11.9. The molecule has 0 aliphatic heterocycles. The molecule has 0 spiro atoms. The van der Waals surface area contributed by atoms with Crippen LogP contribution in [0.2, 0.25) is 0 Å². The summed E-state index contributed by atoms with van der Waals surface area (Å²) in [7, 11) is 3.07. The molecule has 0 saturated heterocycles. The Kier molecular flexibility index (Phi) is 5.71. The third kappa shape index (κ3) is 4.07. The molecule has 5 heteroatoms. The highest BCUT2D eigenvalue weighted by molar-refractivity contribution is 8.13. The van der Waals surface area contributed by atoms with Gasteiger partial charge in [-0.05, 0) is 18.2 Å². The Morgan fingerprint density at radius 1 is 1.17 bits per heavy atom. The van der Waals surface area contributed by atoms with Crippen molar-refractivity contribution >= 4 is 22.7 Å². The summed E-state index contributed by atoms with van der Waals surface area (Å²) in [6.07, 6.45) is 0.333. The summed E-state index contributed by atoms with van der Waals surface area (Å²) < 4.78 is 10.2. The molecule has 0 aromatic heterocycles. The summed E-state index contributed by atoms with van der Waals surface area (Å²) in [5.74, 6) is 1.61. The smallest absolute Gasteiger partial charge is 0.185 e. The van der Waals surface area contributed by atoms with Gasteiger partial charge in [-0.3, -0.25) is 9.59 Å². The van der Waals surface area contributed by atoms with Gasteiger partial charge in [-0.25, -0.2) is 0 Å². The van der Waals surface area contributed by atoms with E-state index in [1.165, 1.54) is 14.0 Å². The molecular weight excluding hydrogens is 252 g/mol. The standard InChI is InChI=1S/C13H16O4S/c1-9(14)18-7-6-11(15)10-4-5-12(16-2)13(8-10)17-3/h4-5,8H,6-7H2,1-3H3. The summed E-state index contributed by atoms with van der Waals surface area (Å²) >= 11 is 1.16. The first-order valence-electron chi connectivity index (χ1n) is 5.47. The zero-order valence-corrected chi connectivity index (χ0v) is 11.5.